The van der Waals surface area contributed by atoms with Gasteiger partial charge in [-0.3, -0.25) is 9.69 Å². The Morgan fingerprint density at radius 2 is 2.06 bits per heavy atom. The Morgan fingerprint density at radius 1 is 1.21 bits per heavy atom. The molecule has 0 radical (unpaired) electrons. The lowest BCUT2D eigenvalue weighted by atomic mass is 10.0. The lowest BCUT2D eigenvalue weighted by Gasteiger charge is -2.21. The Labute approximate surface area is 203 Å². The molecule has 7 heteroatoms. The zero-order valence-corrected chi connectivity index (χ0v) is 19.6. The summed E-state index contributed by atoms with van der Waals surface area (Å²) in [5.41, 5.74) is 5.04. The van der Waals surface area contributed by atoms with Crippen molar-refractivity contribution in [3.05, 3.63) is 83.4 Å². The fraction of sp³-hybridized carbons (Fsp3) is 0.222. The Bertz CT molecular complexity index is 1400. The number of anilines is 1. The molecule has 4 aromatic rings. The maximum absolute atomic E-state index is 12.7. The molecule has 0 saturated carbocycles. The van der Waals surface area contributed by atoms with E-state index >= 15 is 0 Å². The number of hydrogen-bond donors (Lipinski definition) is 1. The van der Waals surface area contributed by atoms with Gasteiger partial charge in [0.05, 0.1) is 29.1 Å². The predicted molar refractivity (Wildman–Crippen MR) is 135 cm³/mol. The van der Waals surface area contributed by atoms with E-state index in [0.29, 0.717) is 22.4 Å². The third-order valence-electron chi connectivity index (χ3n) is 6.22. The van der Waals surface area contributed by atoms with E-state index in [2.05, 4.69) is 48.6 Å². The molecule has 1 saturated heterocycles. The molecule has 5 rings (SSSR count). The third-order valence-corrected chi connectivity index (χ3v) is 6.53. The predicted octanol–water partition coefficient (Wildman–Crippen LogP) is 5.46. The molecule has 1 aromatic carbocycles. The third kappa shape index (κ3) is 4.28. The number of rotatable bonds is 5. The fourth-order valence-electron chi connectivity index (χ4n) is 4.57. The molecular weight excluding hydrogens is 446 g/mol. The van der Waals surface area contributed by atoms with Gasteiger partial charge in [0.1, 0.15) is 0 Å². The molecule has 1 aliphatic rings. The van der Waals surface area contributed by atoms with Crippen LogP contribution in [0.1, 0.15) is 41.7 Å². The number of halogens is 1. The molecule has 0 aliphatic carbocycles. The number of likely N-dealkylation sites (tertiary alicyclic amines) is 1. The van der Waals surface area contributed by atoms with Crippen molar-refractivity contribution in [1.82, 2.24) is 19.3 Å². The second-order valence-electron chi connectivity index (χ2n) is 8.24. The quantitative estimate of drug-likeness (QED) is 0.394. The second-order valence-corrected chi connectivity index (χ2v) is 8.65. The Hall–Kier alpha value is -3.66. The number of hydrogen-bond acceptors (Lipinski definition) is 4. The van der Waals surface area contributed by atoms with E-state index in [-0.39, 0.29) is 5.91 Å². The molecule has 0 spiro atoms. The first kappa shape index (κ1) is 22.1. The van der Waals surface area contributed by atoms with Gasteiger partial charge < -0.3 is 9.72 Å². The maximum Gasteiger partial charge on any atom is 0.256 e. The summed E-state index contributed by atoms with van der Waals surface area (Å²) in [6.45, 7) is 3.72. The number of carbonyl (C=O) groups is 1. The van der Waals surface area contributed by atoms with Crippen LogP contribution in [0.2, 0.25) is 5.02 Å². The summed E-state index contributed by atoms with van der Waals surface area (Å²) in [7, 11) is 0. The fourth-order valence-corrected chi connectivity index (χ4v) is 4.74. The van der Waals surface area contributed by atoms with Crippen LogP contribution >= 0.6 is 11.6 Å². The topological polar surface area (TPSA) is 62.5 Å². The SMILES string of the molecule is CC#CCN1CCCC1c1cc(-c2ccc(C(=O)Nc3ncccc3Cl)cc2)n2cnccc12. The minimum atomic E-state index is -0.256. The summed E-state index contributed by atoms with van der Waals surface area (Å²) in [4.78, 5) is 23.6. The average Bonchev–Trinajstić information content (AvgIpc) is 3.48. The van der Waals surface area contributed by atoms with Crippen molar-refractivity contribution in [2.75, 3.05) is 18.4 Å². The molecule has 1 unspecified atom stereocenters. The maximum atomic E-state index is 12.7. The molecule has 4 heterocycles. The van der Waals surface area contributed by atoms with Crippen molar-refractivity contribution >= 4 is 28.8 Å². The summed E-state index contributed by atoms with van der Waals surface area (Å²) >= 11 is 6.11. The highest BCUT2D eigenvalue weighted by molar-refractivity contribution is 6.33. The van der Waals surface area contributed by atoms with Crippen LogP contribution in [-0.2, 0) is 0 Å². The van der Waals surface area contributed by atoms with Crippen molar-refractivity contribution in [1.29, 1.82) is 0 Å². The number of benzene rings is 1. The molecule has 170 valence electrons. The standard InChI is InChI=1S/C27H24ClN5O/c1-2-3-15-32-16-5-7-23(32)21-17-25(33-18-29-14-12-24(21)33)19-8-10-20(11-9-19)27(34)31-26-22(28)6-4-13-30-26/h4,6,8-14,17-18,23H,5,7,15-16H2,1H3,(H,30,31,34). The van der Waals surface area contributed by atoms with Crippen LogP contribution in [0.3, 0.4) is 0 Å². The average molecular weight is 470 g/mol. The summed E-state index contributed by atoms with van der Waals surface area (Å²) in [6, 6.07) is 15.6. The van der Waals surface area contributed by atoms with Gasteiger partial charge in [-0.15, -0.1) is 5.92 Å². The minimum Gasteiger partial charge on any atom is -0.305 e. The van der Waals surface area contributed by atoms with Crippen molar-refractivity contribution in [3.63, 3.8) is 0 Å². The Balaban J connectivity index is 1.45. The molecule has 1 N–H and O–H groups in total. The van der Waals surface area contributed by atoms with Crippen LogP contribution in [0.4, 0.5) is 5.82 Å². The number of pyridine rings is 1. The summed E-state index contributed by atoms with van der Waals surface area (Å²) in [5.74, 6) is 6.33. The molecule has 1 aliphatic heterocycles. The van der Waals surface area contributed by atoms with Gasteiger partial charge in [-0.05, 0) is 73.8 Å². The minimum absolute atomic E-state index is 0.256. The van der Waals surface area contributed by atoms with Gasteiger partial charge in [0, 0.05) is 24.0 Å². The number of nitrogens with zero attached hydrogens (tertiary/aromatic N) is 4. The highest BCUT2D eigenvalue weighted by atomic mass is 35.5. The van der Waals surface area contributed by atoms with Crippen LogP contribution in [-0.4, -0.2) is 38.3 Å². The molecule has 6 nitrogen and oxygen atoms in total. The molecule has 1 amide bonds. The van der Waals surface area contributed by atoms with Crippen molar-refractivity contribution in [3.8, 4) is 23.1 Å². The zero-order valence-electron chi connectivity index (χ0n) is 18.8. The van der Waals surface area contributed by atoms with Gasteiger partial charge in [0.25, 0.3) is 5.91 Å². The molecule has 1 atom stereocenters. The van der Waals surface area contributed by atoms with Crippen molar-refractivity contribution in [2.45, 2.75) is 25.8 Å². The summed E-state index contributed by atoms with van der Waals surface area (Å²) in [5, 5.41) is 3.17. The number of nitrogens with one attached hydrogen (secondary N) is 1. The molecular formula is C27H24ClN5O. The molecule has 0 bridgehead atoms. The first-order chi connectivity index (χ1) is 16.7. The van der Waals surface area contributed by atoms with E-state index in [4.69, 9.17) is 11.6 Å². The first-order valence-electron chi connectivity index (χ1n) is 11.3. The zero-order chi connectivity index (χ0) is 23.5. The summed E-state index contributed by atoms with van der Waals surface area (Å²) < 4.78 is 2.13. The highest BCUT2D eigenvalue weighted by Gasteiger charge is 2.28. The van der Waals surface area contributed by atoms with E-state index in [1.54, 1.807) is 18.3 Å². The van der Waals surface area contributed by atoms with E-state index in [0.717, 1.165) is 42.7 Å². The van der Waals surface area contributed by atoms with Crippen LogP contribution < -0.4 is 5.32 Å². The van der Waals surface area contributed by atoms with Gasteiger partial charge >= 0.3 is 0 Å². The van der Waals surface area contributed by atoms with Gasteiger partial charge in [0.2, 0.25) is 0 Å². The van der Waals surface area contributed by atoms with Crippen LogP contribution in [0.15, 0.2) is 67.3 Å². The monoisotopic (exact) mass is 469 g/mol. The lowest BCUT2D eigenvalue weighted by molar-refractivity contribution is 0.102. The van der Waals surface area contributed by atoms with E-state index in [1.165, 1.54) is 5.56 Å². The molecule has 3 aromatic heterocycles. The largest absolute Gasteiger partial charge is 0.305 e. The van der Waals surface area contributed by atoms with E-state index in [9.17, 15) is 4.79 Å². The van der Waals surface area contributed by atoms with Crippen LogP contribution in [0.25, 0.3) is 16.8 Å². The molecule has 1 fully saturated rings. The number of amides is 1. The van der Waals surface area contributed by atoms with Crippen molar-refractivity contribution < 1.29 is 4.79 Å². The van der Waals surface area contributed by atoms with Crippen LogP contribution in [0, 0.1) is 11.8 Å². The van der Waals surface area contributed by atoms with Crippen molar-refractivity contribution in [2.24, 2.45) is 0 Å². The highest BCUT2D eigenvalue weighted by Crippen LogP contribution is 2.37. The Morgan fingerprint density at radius 3 is 2.85 bits per heavy atom. The smallest absolute Gasteiger partial charge is 0.256 e. The van der Waals surface area contributed by atoms with Gasteiger partial charge in [-0.2, -0.15) is 0 Å². The number of fused-ring (bicyclic) bond motifs is 1. The Kier molecular flexibility index (Phi) is 6.31. The summed E-state index contributed by atoms with van der Waals surface area (Å²) in [6.07, 6.45) is 7.56. The molecule has 34 heavy (non-hydrogen) atoms. The first-order valence-corrected chi connectivity index (χ1v) is 11.6. The lowest BCUT2D eigenvalue weighted by Crippen LogP contribution is -2.23. The van der Waals surface area contributed by atoms with E-state index in [1.807, 2.05) is 43.7 Å². The van der Waals surface area contributed by atoms with Gasteiger partial charge in [-0.25, -0.2) is 9.97 Å². The number of carbonyl (C=O) groups excluding carboxylic acids is 1. The van der Waals surface area contributed by atoms with E-state index < -0.39 is 0 Å². The number of aromatic nitrogens is 3. The van der Waals surface area contributed by atoms with Gasteiger partial charge in [0.15, 0.2) is 5.82 Å². The van der Waals surface area contributed by atoms with Crippen LogP contribution in [0.5, 0.6) is 0 Å². The van der Waals surface area contributed by atoms with Gasteiger partial charge in [-0.1, -0.05) is 29.7 Å². The normalized spacial score (nSPS) is 15.8. The second kappa shape index (κ2) is 9.68.